The van der Waals surface area contributed by atoms with Crippen molar-refractivity contribution >= 4 is 46.1 Å². The Labute approximate surface area is 244 Å². The minimum Gasteiger partial charge on any atom is -0.452 e. The van der Waals surface area contributed by atoms with Crippen LogP contribution < -0.4 is 16.4 Å². The number of carbonyl (C=O) groups is 1. The molecule has 1 amide bonds. The summed E-state index contributed by atoms with van der Waals surface area (Å²) >= 11 is 6.09. The molecule has 0 atom stereocenters. The van der Waals surface area contributed by atoms with E-state index >= 15 is 0 Å². The van der Waals surface area contributed by atoms with Crippen LogP contribution in [0.15, 0.2) is 54.7 Å². The molecule has 2 aromatic carbocycles. The fourth-order valence-corrected chi connectivity index (χ4v) is 4.58. The summed E-state index contributed by atoms with van der Waals surface area (Å²) in [5, 5.41) is 4.14. The van der Waals surface area contributed by atoms with Gasteiger partial charge in [0, 0.05) is 17.5 Å². The van der Waals surface area contributed by atoms with Crippen molar-refractivity contribution in [2.75, 3.05) is 23.5 Å². The van der Waals surface area contributed by atoms with Gasteiger partial charge in [0.2, 0.25) is 0 Å². The van der Waals surface area contributed by atoms with Crippen molar-refractivity contribution in [1.29, 1.82) is 0 Å². The molecular formula is C27H20ClF5N8O2. The van der Waals surface area contributed by atoms with Gasteiger partial charge in [0.15, 0.2) is 11.6 Å². The Hall–Kier alpha value is -5.05. The highest BCUT2D eigenvalue weighted by Crippen LogP contribution is 2.35. The van der Waals surface area contributed by atoms with E-state index in [4.69, 9.17) is 27.8 Å². The third-order valence-corrected chi connectivity index (χ3v) is 6.71. The topological polar surface area (TPSA) is 138 Å². The molecule has 4 N–H and O–H groups in total. The molecule has 0 fully saturated rings. The number of methoxy groups -OCH3 is 1. The maximum atomic E-state index is 14.4. The van der Waals surface area contributed by atoms with Gasteiger partial charge in [-0.05, 0) is 29.3 Å². The second-order valence-electron chi connectivity index (χ2n) is 9.15. The summed E-state index contributed by atoms with van der Waals surface area (Å²) in [6.45, 7) is -0.409. The van der Waals surface area contributed by atoms with E-state index in [0.29, 0.717) is 11.6 Å². The predicted octanol–water partition coefficient (Wildman–Crippen LogP) is 5.69. The molecule has 0 bridgehead atoms. The first kappa shape index (κ1) is 29.4. The first-order valence-corrected chi connectivity index (χ1v) is 12.7. The van der Waals surface area contributed by atoms with Gasteiger partial charge in [-0.2, -0.15) is 32.9 Å². The fourth-order valence-electron chi connectivity index (χ4n) is 4.34. The Morgan fingerprint density at radius 1 is 1.05 bits per heavy atom. The maximum Gasteiger partial charge on any atom is 0.416 e. The van der Waals surface area contributed by atoms with Crippen LogP contribution in [-0.2, 0) is 23.9 Å². The van der Waals surface area contributed by atoms with E-state index in [9.17, 15) is 26.7 Å². The van der Waals surface area contributed by atoms with Crippen LogP contribution in [0.1, 0.15) is 22.4 Å². The standard InChI is InChI=1S/C27H20ClF5N8O2/c1-43-26(42)40(12-14-6-7-15(9-17(14)28)27(31,32)33)22-23(34)37-25(38-24(22)35)41-20-10-16(29)11-36-21(20)19(39-41)8-13-4-2-3-5-18(13)30/h2-7,9-11H,8,12H2,1H3,(H4,34,35,37,38). The van der Waals surface area contributed by atoms with Gasteiger partial charge in [-0.15, -0.1) is 0 Å². The molecule has 0 radical (unpaired) electrons. The van der Waals surface area contributed by atoms with E-state index in [1.807, 2.05) is 0 Å². The van der Waals surface area contributed by atoms with Crippen molar-refractivity contribution in [3.8, 4) is 5.95 Å². The first-order valence-electron chi connectivity index (χ1n) is 12.3. The third kappa shape index (κ3) is 5.83. The van der Waals surface area contributed by atoms with Crippen LogP contribution >= 0.6 is 11.6 Å². The molecule has 3 aromatic heterocycles. The first-order chi connectivity index (χ1) is 20.4. The summed E-state index contributed by atoms with van der Waals surface area (Å²) in [5.74, 6) is -2.10. The number of rotatable bonds is 6. The molecular weight excluding hydrogens is 599 g/mol. The molecule has 0 aliphatic carbocycles. The minimum atomic E-state index is -4.63. The highest BCUT2D eigenvalue weighted by atomic mass is 35.5. The van der Waals surface area contributed by atoms with Crippen molar-refractivity contribution in [3.05, 3.63) is 93.8 Å². The number of amides is 1. The van der Waals surface area contributed by atoms with Crippen LogP contribution in [0.2, 0.25) is 5.02 Å². The second kappa shape index (κ2) is 11.3. The van der Waals surface area contributed by atoms with Crippen LogP contribution in [-0.4, -0.2) is 37.9 Å². The van der Waals surface area contributed by atoms with Crippen LogP contribution in [0.25, 0.3) is 17.0 Å². The molecule has 43 heavy (non-hydrogen) atoms. The summed E-state index contributed by atoms with van der Waals surface area (Å²) < 4.78 is 73.8. The van der Waals surface area contributed by atoms with Crippen molar-refractivity contribution < 1.29 is 31.5 Å². The predicted molar refractivity (Wildman–Crippen MR) is 147 cm³/mol. The van der Waals surface area contributed by atoms with Gasteiger partial charge in [0.05, 0.1) is 36.6 Å². The summed E-state index contributed by atoms with van der Waals surface area (Å²) in [4.78, 5) is 26.2. The summed E-state index contributed by atoms with van der Waals surface area (Å²) in [5.41, 5.74) is 12.3. The van der Waals surface area contributed by atoms with E-state index in [2.05, 4.69) is 20.1 Å². The number of hydrogen-bond acceptors (Lipinski definition) is 8. The Balaban J connectivity index is 1.57. The quantitative estimate of drug-likeness (QED) is 0.232. The van der Waals surface area contributed by atoms with Gasteiger partial charge < -0.3 is 16.2 Å². The lowest BCUT2D eigenvalue weighted by molar-refractivity contribution is -0.137. The number of benzene rings is 2. The zero-order valence-corrected chi connectivity index (χ0v) is 22.8. The maximum absolute atomic E-state index is 14.4. The van der Waals surface area contributed by atoms with E-state index in [1.54, 1.807) is 12.1 Å². The summed E-state index contributed by atoms with van der Waals surface area (Å²) in [7, 11) is 1.07. The lowest BCUT2D eigenvalue weighted by Gasteiger charge is -2.24. The van der Waals surface area contributed by atoms with Gasteiger partial charge in [0.25, 0.3) is 5.95 Å². The van der Waals surface area contributed by atoms with Gasteiger partial charge >= 0.3 is 12.3 Å². The van der Waals surface area contributed by atoms with Crippen LogP contribution in [0.5, 0.6) is 0 Å². The number of alkyl halides is 3. The Morgan fingerprint density at radius 3 is 2.37 bits per heavy atom. The minimum absolute atomic E-state index is 0.00185. The zero-order valence-electron chi connectivity index (χ0n) is 22.0. The molecule has 222 valence electrons. The van der Waals surface area contributed by atoms with Crippen molar-refractivity contribution in [2.45, 2.75) is 19.1 Å². The average molecular weight is 619 g/mol. The number of hydrogen-bond donors (Lipinski definition) is 2. The highest BCUT2D eigenvalue weighted by Gasteiger charge is 2.32. The lowest BCUT2D eigenvalue weighted by atomic mass is 10.1. The monoisotopic (exact) mass is 618 g/mol. The van der Waals surface area contributed by atoms with E-state index in [-0.39, 0.29) is 57.0 Å². The number of carbonyl (C=O) groups excluding carboxylic acids is 1. The number of pyridine rings is 1. The van der Waals surface area contributed by atoms with Crippen molar-refractivity contribution in [1.82, 2.24) is 24.7 Å². The van der Waals surface area contributed by atoms with E-state index in [0.717, 1.165) is 41.1 Å². The largest absolute Gasteiger partial charge is 0.452 e. The molecule has 0 aliphatic rings. The summed E-state index contributed by atoms with van der Waals surface area (Å²) in [6.07, 6.45) is -4.64. The fraction of sp³-hybridized carbons (Fsp3) is 0.148. The molecule has 0 aliphatic heterocycles. The number of aromatic nitrogens is 5. The third-order valence-electron chi connectivity index (χ3n) is 6.36. The Bertz CT molecular complexity index is 1840. The molecule has 16 heteroatoms. The SMILES string of the molecule is COC(=O)N(Cc1ccc(C(F)(F)F)cc1Cl)c1c(N)nc(-n2nc(Cc3ccccc3F)c3ncc(F)cc32)nc1N. The van der Waals surface area contributed by atoms with Gasteiger partial charge in [0.1, 0.15) is 22.8 Å². The number of halogens is 6. The zero-order chi connectivity index (χ0) is 31.1. The second-order valence-corrected chi connectivity index (χ2v) is 9.56. The molecule has 0 unspecified atom stereocenters. The van der Waals surface area contributed by atoms with Crippen molar-refractivity contribution in [2.24, 2.45) is 0 Å². The lowest BCUT2D eigenvalue weighted by Crippen LogP contribution is -2.32. The van der Waals surface area contributed by atoms with E-state index in [1.165, 1.54) is 12.1 Å². The normalized spacial score (nSPS) is 11.6. The molecule has 0 spiro atoms. The number of nitrogens with zero attached hydrogens (tertiary/aromatic N) is 6. The molecule has 5 rings (SSSR count). The molecule has 5 aromatic rings. The van der Waals surface area contributed by atoms with Crippen LogP contribution in [0.4, 0.5) is 44.1 Å². The summed E-state index contributed by atoms with van der Waals surface area (Å²) in [6, 6.07) is 9.77. The molecule has 3 heterocycles. The molecule has 0 saturated heterocycles. The average Bonchev–Trinajstić information content (AvgIpc) is 3.30. The Kier molecular flexibility index (Phi) is 7.75. The van der Waals surface area contributed by atoms with Crippen molar-refractivity contribution in [3.63, 3.8) is 0 Å². The highest BCUT2D eigenvalue weighted by molar-refractivity contribution is 6.31. The smallest absolute Gasteiger partial charge is 0.416 e. The number of nitrogens with two attached hydrogens (primary N) is 2. The van der Waals surface area contributed by atoms with E-state index < -0.39 is 36.0 Å². The molecule has 0 saturated carbocycles. The number of nitrogen functional groups attached to an aromatic ring is 2. The van der Waals surface area contributed by atoms with Gasteiger partial charge in [-0.1, -0.05) is 35.9 Å². The van der Waals surface area contributed by atoms with Crippen LogP contribution in [0.3, 0.4) is 0 Å². The van der Waals surface area contributed by atoms with Gasteiger partial charge in [-0.3, -0.25) is 4.90 Å². The number of fused-ring (bicyclic) bond motifs is 1. The van der Waals surface area contributed by atoms with Crippen LogP contribution in [0, 0.1) is 11.6 Å². The number of anilines is 3. The number of ether oxygens (including phenoxy) is 1. The Morgan fingerprint density at radius 2 is 1.74 bits per heavy atom. The van der Waals surface area contributed by atoms with Gasteiger partial charge in [-0.25, -0.2) is 18.6 Å². The molecule has 10 nitrogen and oxygen atoms in total.